The van der Waals surface area contributed by atoms with Crippen LogP contribution in [-0.4, -0.2) is 35.6 Å². The predicted molar refractivity (Wildman–Crippen MR) is 79.1 cm³/mol. The first kappa shape index (κ1) is 16.4. The fourth-order valence-corrected chi connectivity index (χ4v) is 2.13. The summed E-state index contributed by atoms with van der Waals surface area (Å²) in [4.78, 5) is 27.1. The molecule has 0 aliphatic carbocycles. The van der Waals surface area contributed by atoms with E-state index in [0.29, 0.717) is 30.4 Å². The van der Waals surface area contributed by atoms with E-state index in [1.165, 1.54) is 11.3 Å². The molecule has 20 heavy (non-hydrogen) atoms. The number of hydrogen-bond donors (Lipinski definition) is 2. The van der Waals surface area contributed by atoms with Crippen LogP contribution in [-0.2, 0) is 9.53 Å². The van der Waals surface area contributed by atoms with Crippen LogP contribution in [0.2, 0.25) is 0 Å². The Kier molecular flexibility index (Phi) is 5.94. The van der Waals surface area contributed by atoms with Crippen molar-refractivity contribution in [3.05, 3.63) is 11.1 Å². The largest absolute Gasteiger partial charge is 0.461 e. The average molecular weight is 299 g/mol. The first-order chi connectivity index (χ1) is 9.31. The maximum Gasteiger partial charge on any atom is 0.357 e. The third-order valence-corrected chi connectivity index (χ3v) is 2.93. The molecule has 0 saturated heterocycles. The second kappa shape index (κ2) is 7.23. The van der Waals surface area contributed by atoms with E-state index in [1.807, 2.05) is 20.8 Å². The number of amides is 1. The van der Waals surface area contributed by atoms with Crippen LogP contribution in [0.3, 0.4) is 0 Å². The highest BCUT2D eigenvalue weighted by atomic mass is 32.1. The summed E-state index contributed by atoms with van der Waals surface area (Å²) in [6.45, 7) is 8.35. The van der Waals surface area contributed by atoms with Crippen molar-refractivity contribution >= 4 is 28.3 Å². The Morgan fingerprint density at radius 1 is 1.40 bits per heavy atom. The van der Waals surface area contributed by atoms with E-state index in [4.69, 9.17) is 4.74 Å². The fourth-order valence-electron chi connectivity index (χ4n) is 1.42. The van der Waals surface area contributed by atoms with Gasteiger partial charge in [-0.2, -0.15) is 0 Å². The van der Waals surface area contributed by atoms with Gasteiger partial charge in [-0.1, -0.05) is 0 Å². The number of aromatic nitrogens is 1. The zero-order valence-electron chi connectivity index (χ0n) is 12.3. The number of carbonyl (C=O) groups is 2. The summed E-state index contributed by atoms with van der Waals surface area (Å²) in [5.74, 6) is -0.450. The number of hydrogen-bond acceptors (Lipinski definition) is 6. The second-order valence-corrected chi connectivity index (χ2v) is 6.09. The van der Waals surface area contributed by atoms with Crippen LogP contribution < -0.4 is 10.6 Å². The molecule has 0 radical (unpaired) electrons. The lowest BCUT2D eigenvalue weighted by Gasteiger charge is -2.20. The molecular formula is C13H21N3O3S. The smallest absolute Gasteiger partial charge is 0.357 e. The van der Waals surface area contributed by atoms with Gasteiger partial charge in [0.15, 0.2) is 10.8 Å². The number of nitrogens with zero attached hydrogens (tertiary/aromatic N) is 1. The zero-order valence-corrected chi connectivity index (χ0v) is 13.1. The van der Waals surface area contributed by atoms with Gasteiger partial charge in [0, 0.05) is 23.9 Å². The Morgan fingerprint density at radius 3 is 2.70 bits per heavy atom. The van der Waals surface area contributed by atoms with Crippen LogP contribution >= 0.6 is 11.3 Å². The highest BCUT2D eigenvalue weighted by molar-refractivity contribution is 7.13. The second-order valence-electron chi connectivity index (χ2n) is 5.23. The Morgan fingerprint density at radius 2 is 2.10 bits per heavy atom. The minimum Gasteiger partial charge on any atom is -0.461 e. The van der Waals surface area contributed by atoms with Crippen molar-refractivity contribution in [2.24, 2.45) is 0 Å². The van der Waals surface area contributed by atoms with Crippen LogP contribution in [0.25, 0.3) is 0 Å². The first-order valence-electron chi connectivity index (χ1n) is 6.49. The van der Waals surface area contributed by atoms with Crippen LogP contribution in [0.4, 0.5) is 5.13 Å². The summed E-state index contributed by atoms with van der Waals surface area (Å²) in [6.07, 6.45) is 0.353. The van der Waals surface area contributed by atoms with Crippen molar-refractivity contribution in [3.8, 4) is 0 Å². The van der Waals surface area contributed by atoms with E-state index >= 15 is 0 Å². The molecule has 0 aliphatic rings. The molecule has 0 bridgehead atoms. The van der Waals surface area contributed by atoms with Crippen LogP contribution in [0.15, 0.2) is 5.38 Å². The summed E-state index contributed by atoms with van der Waals surface area (Å²) in [5.41, 5.74) is 0.0634. The van der Waals surface area contributed by atoms with Gasteiger partial charge >= 0.3 is 5.97 Å². The molecule has 0 spiro atoms. The van der Waals surface area contributed by atoms with Crippen LogP contribution in [0.1, 0.15) is 44.6 Å². The van der Waals surface area contributed by atoms with Gasteiger partial charge in [-0.05, 0) is 27.7 Å². The van der Waals surface area contributed by atoms with Gasteiger partial charge in [-0.3, -0.25) is 4.79 Å². The van der Waals surface area contributed by atoms with Crippen LogP contribution in [0, 0.1) is 0 Å². The van der Waals surface area contributed by atoms with Crippen molar-refractivity contribution in [1.82, 2.24) is 10.3 Å². The van der Waals surface area contributed by atoms with Crippen molar-refractivity contribution in [2.45, 2.75) is 39.7 Å². The lowest BCUT2D eigenvalue weighted by molar-refractivity contribution is -0.122. The molecule has 0 saturated carbocycles. The number of ether oxygens (including phenoxy) is 1. The molecule has 0 atom stereocenters. The number of carbonyl (C=O) groups excluding carboxylic acids is 2. The third kappa shape index (κ3) is 6.01. The van der Waals surface area contributed by atoms with E-state index in [-0.39, 0.29) is 11.4 Å². The molecule has 112 valence electrons. The van der Waals surface area contributed by atoms with E-state index in [0.717, 1.165) is 0 Å². The van der Waals surface area contributed by atoms with Crippen LogP contribution in [0.5, 0.6) is 0 Å². The number of esters is 1. The number of thiazole rings is 1. The highest BCUT2D eigenvalue weighted by Crippen LogP contribution is 2.16. The van der Waals surface area contributed by atoms with E-state index in [9.17, 15) is 9.59 Å². The molecule has 7 heteroatoms. The molecule has 0 aliphatic heterocycles. The molecule has 1 rings (SSSR count). The maximum atomic E-state index is 11.6. The van der Waals surface area contributed by atoms with Gasteiger partial charge in [0.25, 0.3) is 0 Å². The molecule has 1 heterocycles. The topological polar surface area (TPSA) is 80.3 Å². The Balaban J connectivity index is 2.36. The summed E-state index contributed by atoms with van der Waals surface area (Å²) >= 11 is 1.31. The fraction of sp³-hybridized carbons (Fsp3) is 0.615. The van der Waals surface area contributed by atoms with Crippen molar-refractivity contribution in [3.63, 3.8) is 0 Å². The SMILES string of the molecule is CCOC(=O)c1csc(NCCC(=O)NC(C)(C)C)n1. The lowest BCUT2D eigenvalue weighted by atomic mass is 10.1. The summed E-state index contributed by atoms with van der Waals surface area (Å²) in [5, 5.41) is 8.14. The standard InChI is InChI=1S/C13H21N3O3S/c1-5-19-11(18)9-8-20-12(15-9)14-7-6-10(17)16-13(2,3)4/h8H,5-7H2,1-4H3,(H,14,15)(H,16,17). The molecule has 0 aromatic carbocycles. The summed E-state index contributed by atoms with van der Waals surface area (Å²) in [7, 11) is 0. The van der Waals surface area contributed by atoms with Crippen molar-refractivity contribution < 1.29 is 14.3 Å². The third-order valence-electron chi connectivity index (χ3n) is 2.13. The van der Waals surface area contributed by atoms with Crippen molar-refractivity contribution in [2.75, 3.05) is 18.5 Å². The highest BCUT2D eigenvalue weighted by Gasteiger charge is 2.14. The average Bonchev–Trinajstić information content (AvgIpc) is 2.75. The van der Waals surface area contributed by atoms with Gasteiger partial charge in [-0.15, -0.1) is 11.3 Å². The van der Waals surface area contributed by atoms with Crippen molar-refractivity contribution in [1.29, 1.82) is 0 Å². The van der Waals surface area contributed by atoms with E-state index < -0.39 is 5.97 Å². The van der Waals surface area contributed by atoms with E-state index in [2.05, 4.69) is 15.6 Å². The molecule has 1 aromatic rings. The number of nitrogens with one attached hydrogen (secondary N) is 2. The van der Waals surface area contributed by atoms with Gasteiger partial charge in [0.2, 0.25) is 5.91 Å². The van der Waals surface area contributed by atoms with Gasteiger partial charge in [-0.25, -0.2) is 9.78 Å². The zero-order chi connectivity index (χ0) is 15.2. The van der Waals surface area contributed by atoms with Gasteiger partial charge < -0.3 is 15.4 Å². The normalized spacial score (nSPS) is 11.0. The molecule has 6 nitrogen and oxygen atoms in total. The number of anilines is 1. The Hall–Kier alpha value is -1.63. The molecule has 2 N–H and O–H groups in total. The van der Waals surface area contributed by atoms with E-state index in [1.54, 1.807) is 12.3 Å². The Bertz CT molecular complexity index is 466. The summed E-state index contributed by atoms with van der Waals surface area (Å²) in [6, 6.07) is 0. The number of rotatable bonds is 6. The minimum atomic E-state index is -0.428. The molecule has 1 amide bonds. The maximum absolute atomic E-state index is 11.6. The molecular weight excluding hydrogens is 278 g/mol. The molecule has 1 aromatic heterocycles. The first-order valence-corrected chi connectivity index (χ1v) is 7.37. The molecule has 0 fully saturated rings. The minimum absolute atomic E-state index is 0.0211. The molecule has 0 unspecified atom stereocenters. The quantitative estimate of drug-likeness (QED) is 0.786. The predicted octanol–water partition coefficient (Wildman–Crippen LogP) is 2.04. The summed E-state index contributed by atoms with van der Waals surface area (Å²) < 4.78 is 4.85. The lowest BCUT2D eigenvalue weighted by Crippen LogP contribution is -2.41. The van der Waals surface area contributed by atoms with Gasteiger partial charge in [0.05, 0.1) is 6.61 Å². The monoisotopic (exact) mass is 299 g/mol. The Labute approximate surface area is 122 Å². The van der Waals surface area contributed by atoms with Gasteiger partial charge in [0.1, 0.15) is 0 Å².